The quantitative estimate of drug-likeness (QED) is 0.548. The number of ether oxygens (including phenoxy) is 2. The maximum absolute atomic E-state index is 13.3. The van der Waals surface area contributed by atoms with Gasteiger partial charge in [-0.25, -0.2) is 13.8 Å². The van der Waals surface area contributed by atoms with Gasteiger partial charge in [0.05, 0.1) is 20.8 Å². The summed E-state index contributed by atoms with van der Waals surface area (Å²) >= 11 is 0. The summed E-state index contributed by atoms with van der Waals surface area (Å²) in [5, 5.41) is 6.31. The second kappa shape index (κ2) is 10.4. The van der Waals surface area contributed by atoms with Gasteiger partial charge in [-0.1, -0.05) is 0 Å². The Morgan fingerprint density at radius 1 is 1.00 bits per heavy atom. The van der Waals surface area contributed by atoms with Crippen molar-refractivity contribution in [3.63, 3.8) is 0 Å². The molecular formula is C20H25F2N3O2. The fourth-order valence-corrected chi connectivity index (χ4v) is 2.57. The molecule has 0 saturated carbocycles. The number of benzene rings is 2. The van der Waals surface area contributed by atoms with Crippen LogP contribution in [0.5, 0.6) is 11.5 Å². The maximum Gasteiger partial charge on any atom is 0.191 e. The summed E-state index contributed by atoms with van der Waals surface area (Å²) in [7, 11) is 3.20. The second-order valence-corrected chi connectivity index (χ2v) is 5.83. The Labute approximate surface area is 158 Å². The average Bonchev–Trinajstić information content (AvgIpc) is 2.65. The molecule has 2 N–H and O–H groups in total. The van der Waals surface area contributed by atoms with Gasteiger partial charge < -0.3 is 20.1 Å². The number of nitrogens with zero attached hydrogens (tertiary/aromatic N) is 1. The summed E-state index contributed by atoms with van der Waals surface area (Å²) < 4.78 is 37.1. The van der Waals surface area contributed by atoms with Crippen LogP contribution in [0.15, 0.2) is 41.4 Å². The van der Waals surface area contributed by atoms with Crippen molar-refractivity contribution < 1.29 is 18.3 Å². The largest absolute Gasteiger partial charge is 0.497 e. The lowest BCUT2D eigenvalue weighted by Gasteiger charge is -2.13. The summed E-state index contributed by atoms with van der Waals surface area (Å²) in [6.45, 7) is 3.57. The van der Waals surface area contributed by atoms with Crippen molar-refractivity contribution in [2.75, 3.05) is 27.3 Å². The van der Waals surface area contributed by atoms with E-state index in [1.54, 1.807) is 14.2 Å². The number of methoxy groups -OCH3 is 2. The van der Waals surface area contributed by atoms with Crippen LogP contribution in [0.1, 0.15) is 18.1 Å². The summed E-state index contributed by atoms with van der Waals surface area (Å²) in [5.74, 6) is 0.887. The molecule has 0 aliphatic rings. The number of rotatable bonds is 8. The molecule has 2 rings (SSSR count). The number of hydrogen-bond donors (Lipinski definition) is 2. The molecule has 146 valence electrons. The molecule has 0 spiro atoms. The number of guanidine groups is 1. The zero-order valence-corrected chi connectivity index (χ0v) is 15.8. The normalized spacial score (nSPS) is 11.2. The molecule has 0 fully saturated rings. The van der Waals surface area contributed by atoms with Gasteiger partial charge in [0.15, 0.2) is 5.96 Å². The maximum atomic E-state index is 13.3. The summed E-state index contributed by atoms with van der Waals surface area (Å²) in [6.07, 6.45) is 0.477. The third-order valence-electron chi connectivity index (χ3n) is 3.87. The molecule has 0 heterocycles. The van der Waals surface area contributed by atoms with E-state index in [4.69, 9.17) is 9.47 Å². The van der Waals surface area contributed by atoms with E-state index >= 15 is 0 Å². The fraction of sp³-hybridized carbons (Fsp3) is 0.350. The van der Waals surface area contributed by atoms with Crippen LogP contribution in [0.3, 0.4) is 0 Å². The van der Waals surface area contributed by atoms with E-state index in [2.05, 4.69) is 15.6 Å². The molecule has 0 aliphatic carbocycles. The van der Waals surface area contributed by atoms with Crippen molar-refractivity contribution >= 4 is 5.96 Å². The van der Waals surface area contributed by atoms with Crippen molar-refractivity contribution in [1.82, 2.24) is 10.6 Å². The fourth-order valence-electron chi connectivity index (χ4n) is 2.57. The Bertz CT molecular complexity index is 762. The molecular weight excluding hydrogens is 352 g/mol. The van der Waals surface area contributed by atoms with Gasteiger partial charge >= 0.3 is 0 Å². The zero-order valence-electron chi connectivity index (χ0n) is 15.8. The first-order valence-electron chi connectivity index (χ1n) is 8.73. The number of halogens is 2. The van der Waals surface area contributed by atoms with E-state index in [1.165, 1.54) is 12.1 Å². The Morgan fingerprint density at radius 3 is 2.37 bits per heavy atom. The van der Waals surface area contributed by atoms with Crippen molar-refractivity contribution in [3.8, 4) is 11.5 Å². The van der Waals surface area contributed by atoms with Crippen molar-refractivity contribution in [2.45, 2.75) is 19.9 Å². The summed E-state index contributed by atoms with van der Waals surface area (Å²) in [5.41, 5.74) is 1.51. The van der Waals surface area contributed by atoms with Gasteiger partial charge in [0.1, 0.15) is 23.1 Å². The highest BCUT2D eigenvalue weighted by Crippen LogP contribution is 2.25. The minimum absolute atomic E-state index is 0.414. The Hall–Kier alpha value is -2.83. The molecule has 0 atom stereocenters. The molecule has 2 aromatic rings. The molecule has 27 heavy (non-hydrogen) atoms. The van der Waals surface area contributed by atoms with Gasteiger partial charge in [-0.05, 0) is 43.2 Å². The van der Waals surface area contributed by atoms with E-state index in [1.807, 2.05) is 25.1 Å². The first kappa shape index (κ1) is 20.5. The molecule has 2 aromatic carbocycles. The zero-order chi connectivity index (χ0) is 19.6. The van der Waals surface area contributed by atoms with Crippen LogP contribution in [-0.4, -0.2) is 33.3 Å². The van der Waals surface area contributed by atoms with E-state index < -0.39 is 11.6 Å². The molecule has 0 aliphatic heterocycles. The number of hydrogen-bond acceptors (Lipinski definition) is 3. The number of nitrogens with one attached hydrogen (secondary N) is 2. The van der Waals surface area contributed by atoms with Gasteiger partial charge in [-0.2, -0.15) is 0 Å². The van der Waals surface area contributed by atoms with Gasteiger partial charge in [-0.3, -0.25) is 0 Å². The van der Waals surface area contributed by atoms with E-state index in [0.717, 1.165) is 11.6 Å². The van der Waals surface area contributed by atoms with Gasteiger partial charge in [-0.15, -0.1) is 0 Å². The molecule has 0 aromatic heterocycles. The highest BCUT2D eigenvalue weighted by atomic mass is 19.1. The van der Waals surface area contributed by atoms with Crippen LogP contribution in [-0.2, 0) is 13.0 Å². The minimum atomic E-state index is -0.572. The lowest BCUT2D eigenvalue weighted by molar-refractivity contribution is 0.391. The predicted octanol–water partition coefficient (Wildman–Crippen LogP) is 3.28. The van der Waals surface area contributed by atoms with Crippen LogP contribution < -0.4 is 20.1 Å². The molecule has 0 unspecified atom stereocenters. The summed E-state index contributed by atoms with van der Waals surface area (Å²) in [6, 6.07) is 9.09. The topological polar surface area (TPSA) is 54.9 Å². The second-order valence-electron chi connectivity index (χ2n) is 5.83. The van der Waals surface area contributed by atoms with Crippen LogP contribution in [0.4, 0.5) is 8.78 Å². The SMILES string of the molecule is CCNC(=NCc1ccc(OC)cc1OC)NCCc1cc(F)cc(F)c1. The first-order valence-corrected chi connectivity index (χ1v) is 8.73. The van der Waals surface area contributed by atoms with Crippen LogP contribution in [0, 0.1) is 11.6 Å². The first-order chi connectivity index (χ1) is 13.0. The molecule has 7 heteroatoms. The molecule has 0 saturated heterocycles. The Kier molecular flexibility index (Phi) is 7.85. The molecule has 0 amide bonds. The van der Waals surface area contributed by atoms with Crippen LogP contribution in [0.2, 0.25) is 0 Å². The standard InChI is InChI=1S/C20H25F2N3O2/c1-4-23-20(24-8-7-14-9-16(21)11-17(22)10-14)25-13-15-5-6-18(26-2)12-19(15)27-3/h5-6,9-12H,4,7-8,13H2,1-3H3,(H2,23,24,25). The van der Waals surface area contributed by atoms with Crippen molar-refractivity contribution in [1.29, 1.82) is 0 Å². The summed E-state index contributed by atoms with van der Waals surface area (Å²) in [4.78, 5) is 4.54. The van der Waals surface area contributed by atoms with Gasteiger partial charge in [0, 0.05) is 30.8 Å². The van der Waals surface area contributed by atoms with E-state index in [0.29, 0.717) is 49.1 Å². The number of aliphatic imine (C=N–C) groups is 1. The van der Waals surface area contributed by atoms with Crippen LogP contribution >= 0.6 is 0 Å². The lowest BCUT2D eigenvalue weighted by atomic mass is 10.1. The van der Waals surface area contributed by atoms with Crippen molar-refractivity contribution in [3.05, 3.63) is 59.2 Å². The molecule has 0 bridgehead atoms. The van der Waals surface area contributed by atoms with Crippen LogP contribution in [0.25, 0.3) is 0 Å². The van der Waals surface area contributed by atoms with E-state index in [-0.39, 0.29) is 0 Å². The monoisotopic (exact) mass is 377 g/mol. The average molecular weight is 377 g/mol. The van der Waals surface area contributed by atoms with Gasteiger partial charge in [0.2, 0.25) is 0 Å². The molecule has 0 radical (unpaired) electrons. The Morgan fingerprint density at radius 2 is 1.74 bits per heavy atom. The van der Waals surface area contributed by atoms with Crippen molar-refractivity contribution in [2.24, 2.45) is 4.99 Å². The highest BCUT2D eigenvalue weighted by Gasteiger charge is 2.06. The third kappa shape index (κ3) is 6.44. The Balaban J connectivity index is 1.99. The lowest BCUT2D eigenvalue weighted by Crippen LogP contribution is -2.38. The third-order valence-corrected chi connectivity index (χ3v) is 3.87. The predicted molar refractivity (Wildman–Crippen MR) is 102 cm³/mol. The molecule has 5 nitrogen and oxygen atoms in total. The minimum Gasteiger partial charge on any atom is -0.497 e. The smallest absolute Gasteiger partial charge is 0.191 e. The van der Waals surface area contributed by atoms with Gasteiger partial charge in [0.25, 0.3) is 0 Å². The highest BCUT2D eigenvalue weighted by molar-refractivity contribution is 5.79. The van der Waals surface area contributed by atoms with E-state index in [9.17, 15) is 8.78 Å².